The highest BCUT2D eigenvalue weighted by Gasteiger charge is 2.04. The summed E-state index contributed by atoms with van der Waals surface area (Å²) in [5.74, 6) is 0. The van der Waals surface area contributed by atoms with Gasteiger partial charge in [-0.15, -0.1) is 11.3 Å². The molecule has 2 nitrogen and oxygen atoms in total. The van der Waals surface area contributed by atoms with Crippen LogP contribution in [0.5, 0.6) is 0 Å². The maximum atomic E-state index is 3.16. The fourth-order valence-electron chi connectivity index (χ4n) is 1.89. The van der Waals surface area contributed by atoms with Gasteiger partial charge in [0.05, 0.1) is 0 Å². The number of benzene rings is 1. The van der Waals surface area contributed by atoms with Crippen molar-refractivity contribution >= 4 is 21.4 Å². The van der Waals surface area contributed by atoms with E-state index in [9.17, 15) is 0 Å². The van der Waals surface area contributed by atoms with Crippen molar-refractivity contribution < 1.29 is 0 Å². The minimum Gasteiger partial charge on any atom is -0.307 e. The van der Waals surface area contributed by atoms with Gasteiger partial charge in [-0.3, -0.25) is 4.90 Å². The Hall–Kier alpha value is -0.900. The molecule has 0 aliphatic carbocycles. The molecule has 1 aromatic heterocycles. The normalized spacial score (nSPS) is 11.4. The molecule has 0 saturated carbocycles. The number of hydrogen-bond donors (Lipinski definition) is 1. The highest BCUT2D eigenvalue weighted by molar-refractivity contribution is 7.17. The van der Waals surface area contributed by atoms with E-state index < -0.39 is 0 Å². The van der Waals surface area contributed by atoms with Gasteiger partial charge in [0.25, 0.3) is 0 Å². The molecule has 0 aliphatic rings. The highest BCUT2D eigenvalue weighted by atomic mass is 32.1. The van der Waals surface area contributed by atoms with E-state index in [0.717, 1.165) is 19.6 Å². The minimum atomic E-state index is 0.946. The average Bonchev–Trinajstić information content (AvgIpc) is 2.70. The van der Waals surface area contributed by atoms with Crippen LogP contribution < -0.4 is 5.32 Å². The highest BCUT2D eigenvalue weighted by Crippen LogP contribution is 2.25. The van der Waals surface area contributed by atoms with Crippen LogP contribution in [0.1, 0.15) is 5.56 Å². The zero-order valence-corrected chi connectivity index (χ0v) is 10.7. The summed E-state index contributed by atoms with van der Waals surface area (Å²) < 4.78 is 1.40. The van der Waals surface area contributed by atoms with Crippen LogP contribution in [0.4, 0.5) is 0 Å². The van der Waals surface area contributed by atoms with E-state index in [0.29, 0.717) is 0 Å². The Morgan fingerprint density at radius 1 is 1.31 bits per heavy atom. The molecule has 2 aromatic rings. The van der Waals surface area contributed by atoms with Gasteiger partial charge in [0.15, 0.2) is 0 Å². The SMILES string of the molecule is CNCN(C)CCc1csc2ccccc12. The fourth-order valence-corrected chi connectivity index (χ4v) is 2.88. The van der Waals surface area contributed by atoms with Gasteiger partial charge in [-0.05, 0) is 42.9 Å². The van der Waals surface area contributed by atoms with Gasteiger partial charge in [-0.2, -0.15) is 0 Å². The van der Waals surface area contributed by atoms with Crippen LogP contribution in [0.25, 0.3) is 10.1 Å². The molecule has 0 unspecified atom stereocenters. The lowest BCUT2D eigenvalue weighted by Gasteiger charge is -2.15. The summed E-state index contributed by atoms with van der Waals surface area (Å²) in [5.41, 5.74) is 1.48. The zero-order valence-electron chi connectivity index (χ0n) is 9.86. The summed E-state index contributed by atoms with van der Waals surface area (Å²) >= 11 is 1.84. The van der Waals surface area contributed by atoms with Gasteiger partial charge < -0.3 is 5.32 Å². The van der Waals surface area contributed by atoms with Crippen LogP contribution in [-0.2, 0) is 6.42 Å². The molecule has 0 fully saturated rings. The van der Waals surface area contributed by atoms with Crippen molar-refractivity contribution in [3.05, 3.63) is 35.2 Å². The molecule has 1 heterocycles. The Morgan fingerprint density at radius 2 is 2.12 bits per heavy atom. The molecular weight excluding hydrogens is 216 g/mol. The second-order valence-electron chi connectivity index (χ2n) is 4.10. The van der Waals surface area contributed by atoms with Crippen LogP contribution in [0, 0.1) is 0 Å². The third kappa shape index (κ3) is 2.61. The number of fused-ring (bicyclic) bond motifs is 1. The van der Waals surface area contributed by atoms with Gasteiger partial charge >= 0.3 is 0 Å². The Labute approximate surface area is 101 Å². The van der Waals surface area contributed by atoms with Crippen LogP contribution in [0.15, 0.2) is 29.6 Å². The van der Waals surface area contributed by atoms with Crippen molar-refractivity contribution in [3.63, 3.8) is 0 Å². The van der Waals surface area contributed by atoms with Crippen LogP contribution >= 0.6 is 11.3 Å². The van der Waals surface area contributed by atoms with E-state index in [1.807, 2.05) is 18.4 Å². The molecule has 86 valence electrons. The number of rotatable bonds is 5. The van der Waals surface area contributed by atoms with Crippen LogP contribution in [0.2, 0.25) is 0 Å². The first-order valence-corrected chi connectivity index (χ1v) is 6.47. The lowest BCUT2D eigenvalue weighted by molar-refractivity contribution is 0.322. The lowest BCUT2D eigenvalue weighted by Crippen LogP contribution is -2.30. The molecule has 16 heavy (non-hydrogen) atoms. The predicted molar refractivity (Wildman–Crippen MR) is 72.1 cm³/mol. The van der Waals surface area contributed by atoms with E-state index in [-0.39, 0.29) is 0 Å². The molecule has 1 aromatic carbocycles. The quantitative estimate of drug-likeness (QED) is 0.800. The molecule has 1 N–H and O–H groups in total. The second kappa shape index (κ2) is 5.43. The second-order valence-corrected chi connectivity index (χ2v) is 5.01. The van der Waals surface area contributed by atoms with Crippen molar-refractivity contribution in [2.75, 3.05) is 27.3 Å². The number of hydrogen-bond acceptors (Lipinski definition) is 3. The van der Waals surface area contributed by atoms with E-state index in [2.05, 4.69) is 46.9 Å². The van der Waals surface area contributed by atoms with Crippen LogP contribution in [0.3, 0.4) is 0 Å². The maximum Gasteiger partial charge on any atom is 0.0475 e. The number of nitrogens with one attached hydrogen (secondary N) is 1. The Balaban J connectivity index is 2.04. The molecule has 3 heteroatoms. The number of thiophene rings is 1. The van der Waals surface area contributed by atoms with E-state index in [4.69, 9.17) is 0 Å². The summed E-state index contributed by atoms with van der Waals surface area (Å²) in [5, 5.41) is 6.87. The van der Waals surface area contributed by atoms with E-state index in [1.165, 1.54) is 15.6 Å². The van der Waals surface area contributed by atoms with Crippen molar-refractivity contribution in [3.8, 4) is 0 Å². The van der Waals surface area contributed by atoms with E-state index >= 15 is 0 Å². The third-order valence-electron chi connectivity index (χ3n) is 2.75. The molecule has 0 radical (unpaired) electrons. The van der Waals surface area contributed by atoms with Gasteiger partial charge in [0.2, 0.25) is 0 Å². The molecule has 2 rings (SSSR count). The van der Waals surface area contributed by atoms with Gasteiger partial charge in [-0.1, -0.05) is 18.2 Å². The Kier molecular flexibility index (Phi) is 3.93. The molecule has 0 aliphatic heterocycles. The van der Waals surface area contributed by atoms with Crippen LogP contribution in [-0.4, -0.2) is 32.2 Å². The van der Waals surface area contributed by atoms with Crippen molar-refractivity contribution in [2.24, 2.45) is 0 Å². The zero-order chi connectivity index (χ0) is 11.4. The smallest absolute Gasteiger partial charge is 0.0475 e. The lowest BCUT2D eigenvalue weighted by atomic mass is 10.1. The average molecular weight is 234 g/mol. The molecule has 0 spiro atoms. The summed E-state index contributed by atoms with van der Waals surface area (Å²) in [6.45, 7) is 2.05. The number of likely N-dealkylation sites (N-methyl/N-ethyl adjacent to an activating group) is 1. The molecule has 0 amide bonds. The van der Waals surface area contributed by atoms with Crippen molar-refractivity contribution in [2.45, 2.75) is 6.42 Å². The first-order valence-electron chi connectivity index (χ1n) is 5.59. The summed E-state index contributed by atoms with van der Waals surface area (Å²) in [6.07, 6.45) is 1.13. The monoisotopic (exact) mass is 234 g/mol. The third-order valence-corrected chi connectivity index (χ3v) is 3.76. The maximum absolute atomic E-state index is 3.16. The van der Waals surface area contributed by atoms with Crippen molar-refractivity contribution in [1.82, 2.24) is 10.2 Å². The Bertz CT molecular complexity index is 450. The van der Waals surface area contributed by atoms with Gasteiger partial charge in [-0.25, -0.2) is 0 Å². The van der Waals surface area contributed by atoms with E-state index in [1.54, 1.807) is 0 Å². The topological polar surface area (TPSA) is 15.3 Å². The largest absolute Gasteiger partial charge is 0.307 e. The molecule has 0 atom stereocenters. The van der Waals surface area contributed by atoms with Gasteiger partial charge in [0, 0.05) is 17.9 Å². The molecular formula is C13H18N2S. The van der Waals surface area contributed by atoms with Crippen molar-refractivity contribution in [1.29, 1.82) is 0 Å². The Morgan fingerprint density at radius 3 is 2.94 bits per heavy atom. The summed E-state index contributed by atoms with van der Waals surface area (Å²) in [6, 6.07) is 8.64. The first-order chi connectivity index (χ1) is 7.81. The summed E-state index contributed by atoms with van der Waals surface area (Å²) in [7, 11) is 4.13. The minimum absolute atomic E-state index is 0.946. The summed E-state index contributed by atoms with van der Waals surface area (Å²) in [4.78, 5) is 2.30. The first kappa shape index (κ1) is 11.6. The number of nitrogens with zero attached hydrogens (tertiary/aromatic N) is 1. The molecule has 0 bridgehead atoms. The predicted octanol–water partition coefficient (Wildman–Crippen LogP) is 2.55. The molecule has 0 saturated heterocycles. The fraction of sp³-hybridized carbons (Fsp3) is 0.385. The van der Waals surface area contributed by atoms with Gasteiger partial charge in [0.1, 0.15) is 0 Å². The standard InChI is InChI=1S/C13H18N2S/c1-14-10-15(2)8-7-11-9-16-13-6-4-3-5-12(11)13/h3-6,9,14H,7-8,10H2,1-2H3.